The molecular weight excluding hydrogens is 294 g/mol. The van der Waals surface area contributed by atoms with Gasteiger partial charge in [-0.1, -0.05) is 11.6 Å². The molecule has 1 atom stereocenters. The number of likely N-dealkylation sites (tertiary alicyclic amines) is 1. The number of carbonyl (C=O) groups is 2. The van der Waals surface area contributed by atoms with Crippen LogP contribution in [0.2, 0.25) is 5.02 Å². The molecule has 5 nitrogen and oxygen atoms in total. The van der Waals surface area contributed by atoms with E-state index in [2.05, 4.69) is 0 Å². The number of carboxylic acid groups (broad SMARTS) is 1. The normalized spacial score (nSPS) is 16.4. The van der Waals surface area contributed by atoms with Gasteiger partial charge in [-0.2, -0.15) is 0 Å². The summed E-state index contributed by atoms with van der Waals surface area (Å²) in [5.41, 5.74) is -0.0409. The number of amides is 1. The highest BCUT2D eigenvalue weighted by atomic mass is 35.5. The van der Waals surface area contributed by atoms with Crippen molar-refractivity contribution in [1.82, 2.24) is 4.90 Å². The molecule has 1 fully saturated rings. The molecule has 1 saturated heterocycles. The summed E-state index contributed by atoms with van der Waals surface area (Å²) in [4.78, 5) is 25.2. The number of halogens is 1. The largest absolute Gasteiger partial charge is 0.480 e. The van der Waals surface area contributed by atoms with Gasteiger partial charge in [-0.05, 0) is 44.4 Å². The first-order valence-electron chi connectivity index (χ1n) is 6.97. The number of rotatable bonds is 4. The minimum absolute atomic E-state index is 0.0409. The summed E-state index contributed by atoms with van der Waals surface area (Å²) >= 11 is 5.79. The van der Waals surface area contributed by atoms with E-state index < -0.39 is 12.1 Å². The number of carbonyl (C=O) groups excluding carboxylic acids is 1. The van der Waals surface area contributed by atoms with Crippen molar-refractivity contribution in [3.63, 3.8) is 0 Å². The molecule has 1 unspecified atom stereocenters. The summed E-state index contributed by atoms with van der Waals surface area (Å²) in [5.74, 6) is -1.09. The maximum Gasteiger partial charge on any atom is 0.339 e. The molecular formula is C15H18ClNO4. The van der Waals surface area contributed by atoms with Gasteiger partial charge in [0.05, 0.1) is 0 Å². The third-order valence-electron chi connectivity index (χ3n) is 3.49. The molecule has 2 rings (SSSR count). The molecule has 114 valence electrons. The lowest BCUT2D eigenvalue weighted by Gasteiger charge is -2.29. The van der Waals surface area contributed by atoms with E-state index in [-0.39, 0.29) is 17.2 Å². The molecule has 21 heavy (non-hydrogen) atoms. The van der Waals surface area contributed by atoms with Crippen LogP contribution in [0.3, 0.4) is 0 Å². The third kappa shape index (κ3) is 3.88. The van der Waals surface area contributed by atoms with Gasteiger partial charge in [0, 0.05) is 18.1 Å². The lowest BCUT2D eigenvalue weighted by Crippen LogP contribution is -2.43. The quantitative estimate of drug-likeness (QED) is 0.928. The van der Waals surface area contributed by atoms with E-state index in [1.54, 1.807) is 17.9 Å². The van der Waals surface area contributed by atoms with Gasteiger partial charge in [-0.25, -0.2) is 4.79 Å². The Morgan fingerprint density at radius 3 is 2.57 bits per heavy atom. The van der Waals surface area contributed by atoms with Gasteiger partial charge >= 0.3 is 5.97 Å². The van der Waals surface area contributed by atoms with Gasteiger partial charge in [-0.15, -0.1) is 0 Å². The fourth-order valence-electron chi connectivity index (χ4n) is 2.38. The van der Waals surface area contributed by atoms with E-state index in [1.165, 1.54) is 12.1 Å². The molecule has 0 aromatic heterocycles. The molecule has 1 heterocycles. The second kappa shape index (κ2) is 6.80. The molecule has 6 heteroatoms. The maximum absolute atomic E-state index is 12.3. The number of hydrogen-bond acceptors (Lipinski definition) is 3. The van der Waals surface area contributed by atoms with Gasteiger partial charge in [0.2, 0.25) is 0 Å². The second-order valence-electron chi connectivity index (χ2n) is 5.09. The highest BCUT2D eigenvalue weighted by Crippen LogP contribution is 2.24. The van der Waals surface area contributed by atoms with Crippen molar-refractivity contribution in [2.24, 2.45) is 0 Å². The number of aromatic carboxylic acids is 1. The number of piperidine rings is 1. The summed E-state index contributed by atoms with van der Waals surface area (Å²) in [6.45, 7) is 3.11. The minimum atomic E-state index is -1.13. The van der Waals surface area contributed by atoms with E-state index >= 15 is 0 Å². The SMILES string of the molecule is CC(Oc1ccc(Cl)cc1C(=O)O)C(=O)N1CCCCC1. The lowest BCUT2D eigenvalue weighted by atomic mass is 10.1. The zero-order chi connectivity index (χ0) is 15.4. The Bertz CT molecular complexity index is 540. The van der Waals surface area contributed by atoms with Crippen molar-refractivity contribution in [1.29, 1.82) is 0 Å². The monoisotopic (exact) mass is 311 g/mol. The lowest BCUT2D eigenvalue weighted by molar-refractivity contribution is -0.138. The molecule has 1 aromatic rings. The Morgan fingerprint density at radius 2 is 1.95 bits per heavy atom. The average molecular weight is 312 g/mol. The molecule has 0 radical (unpaired) electrons. The summed E-state index contributed by atoms with van der Waals surface area (Å²) in [6.07, 6.45) is 2.42. The Hall–Kier alpha value is -1.75. The van der Waals surface area contributed by atoms with Crippen LogP contribution in [0.4, 0.5) is 0 Å². The summed E-state index contributed by atoms with van der Waals surface area (Å²) in [6, 6.07) is 4.34. The number of benzene rings is 1. The Labute approximate surface area is 128 Å². The van der Waals surface area contributed by atoms with Crippen LogP contribution in [0.5, 0.6) is 5.75 Å². The van der Waals surface area contributed by atoms with Gasteiger partial charge in [0.25, 0.3) is 5.91 Å². The van der Waals surface area contributed by atoms with Crippen molar-refractivity contribution in [3.8, 4) is 5.75 Å². The van der Waals surface area contributed by atoms with E-state index in [0.717, 1.165) is 32.4 Å². The van der Waals surface area contributed by atoms with E-state index in [4.69, 9.17) is 21.4 Å². The first-order chi connectivity index (χ1) is 9.99. The predicted octanol–water partition coefficient (Wildman–Crippen LogP) is 2.82. The molecule has 1 aliphatic rings. The molecule has 1 aromatic carbocycles. The van der Waals surface area contributed by atoms with Crippen LogP contribution in [0, 0.1) is 0 Å². The van der Waals surface area contributed by atoms with E-state index in [1.807, 2.05) is 0 Å². The van der Waals surface area contributed by atoms with E-state index in [0.29, 0.717) is 5.02 Å². The Morgan fingerprint density at radius 1 is 1.29 bits per heavy atom. The van der Waals surface area contributed by atoms with Crippen molar-refractivity contribution in [3.05, 3.63) is 28.8 Å². The molecule has 1 amide bonds. The highest BCUT2D eigenvalue weighted by molar-refractivity contribution is 6.31. The number of ether oxygens (including phenoxy) is 1. The summed E-state index contributed by atoms with van der Waals surface area (Å²) in [7, 11) is 0. The van der Waals surface area contributed by atoms with E-state index in [9.17, 15) is 9.59 Å². The molecule has 0 bridgehead atoms. The highest BCUT2D eigenvalue weighted by Gasteiger charge is 2.25. The number of carboxylic acids is 1. The molecule has 1 aliphatic heterocycles. The molecule has 0 spiro atoms. The van der Waals surface area contributed by atoms with Gasteiger partial charge in [0.15, 0.2) is 6.10 Å². The van der Waals surface area contributed by atoms with Crippen LogP contribution in [0.1, 0.15) is 36.5 Å². The van der Waals surface area contributed by atoms with Crippen molar-refractivity contribution in [2.45, 2.75) is 32.3 Å². The number of nitrogens with zero attached hydrogens (tertiary/aromatic N) is 1. The van der Waals surface area contributed by atoms with Crippen molar-refractivity contribution in [2.75, 3.05) is 13.1 Å². The fraction of sp³-hybridized carbons (Fsp3) is 0.467. The summed E-state index contributed by atoms with van der Waals surface area (Å²) < 4.78 is 5.55. The molecule has 0 aliphatic carbocycles. The molecule has 0 saturated carbocycles. The number of hydrogen-bond donors (Lipinski definition) is 1. The van der Waals surface area contributed by atoms with Gasteiger partial charge in [0.1, 0.15) is 11.3 Å². The molecule has 1 N–H and O–H groups in total. The smallest absolute Gasteiger partial charge is 0.339 e. The summed E-state index contributed by atoms with van der Waals surface area (Å²) in [5, 5.41) is 9.47. The van der Waals surface area contributed by atoms with Crippen molar-refractivity contribution < 1.29 is 19.4 Å². The maximum atomic E-state index is 12.3. The third-order valence-corrected chi connectivity index (χ3v) is 3.73. The first kappa shape index (κ1) is 15.6. The average Bonchev–Trinajstić information content (AvgIpc) is 2.49. The van der Waals surface area contributed by atoms with Crippen LogP contribution in [0.15, 0.2) is 18.2 Å². The van der Waals surface area contributed by atoms with Crippen LogP contribution in [-0.2, 0) is 4.79 Å². The fourth-order valence-corrected chi connectivity index (χ4v) is 2.56. The van der Waals surface area contributed by atoms with Crippen LogP contribution in [-0.4, -0.2) is 41.1 Å². The first-order valence-corrected chi connectivity index (χ1v) is 7.35. The van der Waals surface area contributed by atoms with Crippen molar-refractivity contribution >= 4 is 23.5 Å². The van der Waals surface area contributed by atoms with Crippen LogP contribution in [0.25, 0.3) is 0 Å². The van der Waals surface area contributed by atoms with Crippen LogP contribution < -0.4 is 4.74 Å². The zero-order valence-corrected chi connectivity index (χ0v) is 12.6. The minimum Gasteiger partial charge on any atom is -0.480 e. The van der Waals surface area contributed by atoms with Gasteiger partial charge in [-0.3, -0.25) is 4.79 Å². The topological polar surface area (TPSA) is 66.8 Å². The predicted molar refractivity (Wildman–Crippen MR) is 78.9 cm³/mol. The standard InChI is InChI=1S/C15H18ClNO4/c1-10(14(18)17-7-3-2-4-8-17)21-13-6-5-11(16)9-12(13)15(19)20/h5-6,9-10H,2-4,7-8H2,1H3,(H,19,20). The Balaban J connectivity index is 2.10. The van der Waals surface area contributed by atoms with Gasteiger partial charge < -0.3 is 14.7 Å². The Kier molecular flexibility index (Phi) is 5.07. The second-order valence-corrected chi connectivity index (χ2v) is 5.53. The zero-order valence-electron chi connectivity index (χ0n) is 11.8. The van der Waals surface area contributed by atoms with Crippen LogP contribution >= 0.6 is 11.6 Å².